The number of nitrogens with zero attached hydrogens (tertiary/aromatic N) is 3. The molecule has 2 rings (SSSR count). The van der Waals surface area contributed by atoms with Crippen molar-refractivity contribution in [2.45, 2.75) is 53.0 Å². The summed E-state index contributed by atoms with van der Waals surface area (Å²) in [6.07, 6.45) is 1.97. The van der Waals surface area contributed by atoms with Crippen LogP contribution < -0.4 is 0 Å². The lowest BCUT2D eigenvalue weighted by molar-refractivity contribution is -0.151. The summed E-state index contributed by atoms with van der Waals surface area (Å²) in [5.41, 5.74) is -0.695. The van der Waals surface area contributed by atoms with E-state index in [1.807, 2.05) is 27.7 Å². The fourth-order valence-electron chi connectivity index (χ4n) is 2.73. The van der Waals surface area contributed by atoms with E-state index in [1.54, 1.807) is 0 Å². The average molecular weight is 295 g/mol. The summed E-state index contributed by atoms with van der Waals surface area (Å²) in [7, 11) is 0. The minimum atomic E-state index is -0.726. The molecular weight excluding hydrogens is 270 g/mol. The van der Waals surface area contributed by atoms with Crippen LogP contribution in [0.4, 0.5) is 0 Å². The first-order chi connectivity index (χ1) is 9.80. The third-order valence-corrected chi connectivity index (χ3v) is 4.42. The number of carboxylic acid groups (broad SMARTS) is 1. The predicted molar refractivity (Wildman–Crippen MR) is 77.8 cm³/mol. The Labute approximate surface area is 125 Å². The standard InChI is InChI=1S/C15H25N3O3/c1-10(2)13-16-12(17-21-13)9-18-7-5-6-11(8-18)15(3,4)14(19)20/h10-11H,5-9H2,1-4H3,(H,19,20). The highest BCUT2D eigenvalue weighted by Gasteiger charge is 2.39. The lowest BCUT2D eigenvalue weighted by Crippen LogP contribution is -2.44. The fourth-order valence-corrected chi connectivity index (χ4v) is 2.73. The largest absolute Gasteiger partial charge is 0.481 e. The second-order valence-corrected chi connectivity index (χ2v) is 6.80. The third-order valence-electron chi connectivity index (χ3n) is 4.42. The van der Waals surface area contributed by atoms with Crippen molar-refractivity contribution >= 4 is 5.97 Å². The molecule has 0 spiro atoms. The molecule has 21 heavy (non-hydrogen) atoms. The molecule has 1 aliphatic heterocycles. The smallest absolute Gasteiger partial charge is 0.309 e. The predicted octanol–water partition coefficient (Wildman–Crippen LogP) is 2.52. The molecule has 1 fully saturated rings. The Bertz CT molecular complexity index is 496. The number of likely N-dealkylation sites (tertiary alicyclic amines) is 1. The van der Waals surface area contributed by atoms with Gasteiger partial charge in [0.15, 0.2) is 5.82 Å². The molecule has 0 aliphatic carbocycles. The Hall–Kier alpha value is -1.43. The van der Waals surface area contributed by atoms with Crippen molar-refractivity contribution in [1.29, 1.82) is 0 Å². The van der Waals surface area contributed by atoms with Crippen LogP contribution in [0.2, 0.25) is 0 Å². The van der Waals surface area contributed by atoms with E-state index in [9.17, 15) is 9.90 Å². The molecule has 0 aromatic carbocycles. The maximum absolute atomic E-state index is 11.4. The molecule has 2 heterocycles. The maximum atomic E-state index is 11.4. The quantitative estimate of drug-likeness (QED) is 0.899. The summed E-state index contributed by atoms with van der Waals surface area (Å²) in [6.45, 7) is 10.0. The summed E-state index contributed by atoms with van der Waals surface area (Å²) < 4.78 is 5.22. The molecule has 1 aromatic heterocycles. The Balaban J connectivity index is 1.99. The first-order valence-electron chi connectivity index (χ1n) is 7.59. The van der Waals surface area contributed by atoms with Gasteiger partial charge in [-0.25, -0.2) is 0 Å². The minimum absolute atomic E-state index is 0.153. The van der Waals surface area contributed by atoms with Gasteiger partial charge in [-0.05, 0) is 39.2 Å². The second-order valence-electron chi connectivity index (χ2n) is 6.80. The fraction of sp³-hybridized carbons (Fsp3) is 0.800. The van der Waals surface area contributed by atoms with Gasteiger partial charge in [0.2, 0.25) is 5.89 Å². The molecule has 1 unspecified atom stereocenters. The molecule has 6 nitrogen and oxygen atoms in total. The van der Waals surface area contributed by atoms with Gasteiger partial charge in [0.25, 0.3) is 0 Å². The van der Waals surface area contributed by atoms with Gasteiger partial charge < -0.3 is 9.63 Å². The molecule has 1 aromatic rings. The zero-order valence-electron chi connectivity index (χ0n) is 13.3. The number of aromatic nitrogens is 2. The molecule has 1 saturated heterocycles. The van der Waals surface area contributed by atoms with Gasteiger partial charge >= 0.3 is 5.97 Å². The average Bonchev–Trinajstić information content (AvgIpc) is 2.87. The van der Waals surface area contributed by atoms with Gasteiger partial charge in [-0.2, -0.15) is 4.98 Å². The topological polar surface area (TPSA) is 79.5 Å². The van der Waals surface area contributed by atoms with Crippen molar-refractivity contribution in [3.05, 3.63) is 11.7 Å². The van der Waals surface area contributed by atoms with Crippen molar-refractivity contribution in [2.24, 2.45) is 11.3 Å². The van der Waals surface area contributed by atoms with Crippen molar-refractivity contribution in [3.63, 3.8) is 0 Å². The zero-order valence-corrected chi connectivity index (χ0v) is 13.3. The van der Waals surface area contributed by atoms with Crippen molar-refractivity contribution in [1.82, 2.24) is 15.0 Å². The molecule has 0 bridgehead atoms. The van der Waals surface area contributed by atoms with Crippen molar-refractivity contribution in [3.8, 4) is 0 Å². The van der Waals surface area contributed by atoms with Crippen LogP contribution >= 0.6 is 0 Å². The van der Waals surface area contributed by atoms with Crippen LogP contribution in [-0.4, -0.2) is 39.2 Å². The molecule has 1 aliphatic rings. The number of aliphatic carboxylic acids is 1. The molecular formula is C15H25N3O3. The number of hydrogen-bond donors (Lipinski definition) is 1. The second kappa shape index (κ2) is 6.13. The van der Waals surface area contributed by atoms with Crippen molar-refractivity contribution in [2.75, 3.05) is 13.1 Å². The van der Waals surface area contributed by atoms with E-state index in [-0.39, 0.29) is 11.8 Å². The van der Waals surface area contributed by atoms with Gasteiger partial charge in [-0.15, -0.1) is 0 Å². The van der Waals surface area contributed by atoms with Crippen LogP contribution in [-0.2, 0) is 11.3 Å². The lowest BCUT2D eigenvalue weighted by atomic mass is 9.74. The van der Waals surface area contributed by atoms with Crippen LogP contribution in [0.1, 0.15) is 58.2 Å². The Morgan fingerprint density at radius 1 is 1.52 bits per heavy atom. The normalized spacial score (nSPS) is 20.9. The lowest BCUT2D eigenvalue weighted by Gasteiger charge is -2.38. The van der Waals surface area contributed by atoms with Crippen LogP contribution in [0.15, 0.2) is 4.52 Å². The summed E-state index contributed by atoms with van der Waals surface area (Å²) in [5, 5.41) is 13.4. The number of rotatable bonds is 5. The van der Waals surface area contributed by atoms with Crippen LogP contribution in [0, 0.1) is 11.3 Å². The SMILES string of the molecule is CC(C)c1nc(CN2CCCC(C(C)(C)C(=O)O)C2)no1. The molecule has 0 radical (unpaired) electrons. The van der Waals surface area contributed by atoms with E-state index >= 15 is 0 Å². The first-order valence-corrected chi connectivity index (χ1v) is 7.59. The number of hydrogen-bond acceptors (Lipinski definition) is 5. The van der Waals surface area contributed by atoms with E-state index in [0.717, 1.165) is 25.9 Å². The van der Waals surface area contributed by atoms with Gasteiger partial charge in [0.05, 0.1) is 12.0 Å². The van der Waals surface area contributed by atoms with E-state index in [0.29, 0.717) is 18.3 Å². The molecule has 1 N–H and O–H groups in total. The highest BCUT2D eigenvalue weighted by atomic mass is 16.5. The molecule has 6 heteroatoms. The van der Waals surface area contributed by atoms with E-state index < -0.39 is 11.4 Å². The summed E-state index contributed by atoms with van der Waals surface area (Å²) in [5.74, 6) is 0.999. The van der Waals surface area contributed by atoms with Gasteiger partial charge in [0.1, 0.15) is 0 Å². The highest BCUT2D eigenvalue weighted by molar-refractivity contribution is 5.74. The maximum Gasteiger partial charge on any atom is 0.309 e. The highest BCUT2D eigenvalue weighted by Crippen LogP contribution is 2.34. The number of carbonyl (C=O) groups is 1. The molecule has 1 atom stereocenters. The molecule has 0 amide bonds. The Kier molecular flexibility index (Phi) is 4.66. The molecule has 118 valence electrons. The van der Waals surface area contributed by atoms with Crippen molar-refractivity contribution < 1.29 is 14.4 Å². The van der Waals surface area contributed by atoms with E-state index in [1.165, 1.54) is 0 Å². The van der Waals surface area contributed by atoms with Gasteiger partial charge in [-0.3, -0.25) is 9.69 Å². The Morgan fingerprint density at radius 2 is 2.24 bits per heavy atom. The number of piperidine rings is 1. The summed E-state index contributed by atoms with van der Waals surface area (Å²) in [4.78, 5) is 18.0. The van der Waals surface area contributed by atoms with E-state index in [4.69, 9.17) is 4.52 Å². The van der Waals surface area contributed by atoms with E-state index in [2.05, 4.69) is 15.0 Å². The van der Waals surface area contributed by atoms with Gasteiger partial charge in [0, 0.05) is 12.5 Å². The minimum Gasteiger partial charge on any atom is -0.481 e. The third kappa shape index (κ3) is 3.61. The summed E-state index contributed by atoms with van der Waals surface area (Å²) >= 11 is 0. The number of carboxylic acids is 1. The first kappa shape index (κ1) is 15.9. The zero-order chi connectivity index (χ0) is 15.6. The van der Waals surface area contributed by atoms with Gasteiger partial charge in [-0.1, -0.05) is 19.0 Å². The monoisotopic (exact) mass is 295 g/mol. The van der Waals surface area contributed by atoms with Crippen LogP contribution in [0.25, 0.3) is 0 Å². The molecule has 0 saturated carbocycles. The van der Waals surface area contributed by atoms with Crippen LogP contribution in [0.3, 0.4) is 0 Å². The summed E-state index contributed by atoms with van der Waals surface area (Å²) in [6, 6.07) is 0. The Morgan fingerprint density at radius 3 is 2.81 bits per heavy atom. The van der Waals surface area contributed by atoms with Crippen LogP contribution in [0.5, 0.6) is 0 Å².